The van der Waals surface area contributed by atoms with Gasteiger partial charge in [0.2, 0.25) is 0 Å². The monoisotopic (exact) mass is 463 g/mol. The topological polar surface area (TPSA) is 79.0 Å². The molecule has 2 heterocycles. The van der Waals surface area contributed by atoms with E-state index in [-0.39, 0.29) is 17.7 Å². The van der Waals surface area contributed by atoms with Crippen LogP contribution in [-0.4, -0.2) is 60.8 Å². The molecule has 33 heavy (non-hydrogen) atoms. The van der Waals surface area contributed by atoms with Gasteiger partial charge in [0.25, 0.3) is 17.7 Å². The fourth-order valence-corrected chi connectivity index (χ4v) is 4.41. The van der Waals surface area contributed by atoms with Gasteiger partial charge in [-0.1, -0.05) is 18.2 Å². The molecule has 0 aliphatic carbocycles. The number of carbonyl (C=O) groups is 3. The quantitative estimate of drug-likeness (QED) is 0.620. The number of para-hydroxylation sites is 1. The average molecular weight is 464 g/mol. The number of benzene rings is 2. The predicted octanol–water partition coefficient (Wildman–Crippen LogP) is 4.00. The average Bonchev–Trinajstić information content (AvgIpc) is 3.29. The van der Waals surface area contributed by atoms with Crippen LogP contribution in [0, 0.1) is 0 Å². The zero-order chi connectivity index (χ0) is 23.2. The van der Waals surface area contributed by atoms with Gasteiger partial charge in [-0.05, 0) is 54.3 Å². The van der Waals surface area contributed by atoms with E-state index in [1.165, 1.54) is 11.3 Å². The van der Waals surface area contributed by atoms with Gasteiger partial charge in [0.15, 0.2) is 0 Å². The van der Waals surface area contributed by atoms with E-state index in [1.54, 1.807) is 59.4 Å². The summed E-state index contributed by atoms with van der Waals surface area (Å²) in [5, 5.41) is 4.69. The zero-order valence-electron chi connectivity index (χ0n) is 18.3. The fourth-order valence-electron chi connectivity index (χ4n) is 3.79. The first kappa shape index (κ1) is 22.5. The van der Waals surface area contributed by atoms with Crippen molar-refractivity contribution in [3.8, 4) is 5.75 Å². The Morgan fingerprint density at radius 1 is 0.848 bits per heavy atom. The molecule has 2 aromatic carbocycles. The molecular formula is C25H25N3O4S. The Morgan fingerprint density at radius 2 is 1.55 bits per heavy atom. The Balaban J connectivity index is 1.37. The molecule has 1 aliphatic heterocycles. The molecule has 3 aromatic rings. The molecule has 170 valence electrons. The Morgan fingerprint density at radius 3 is 2.21 bits per heavy atom. The van der Waals surface area contributed by atoms with Gasteiger partial charge in [0.05, 0.1) is 17.6 Å². The maximum absolute atomic E-state index is 13.0. The molecule has 1 fully saturated rings. The van der Waals surface area contributed by atoms with Crippen LogP contribution in [0.15, 0.2) is 66.0 Å². The second-order valence-electron chi connectivity index (χ2n) is 7.65. The van der Waals surface area contributed by atoms with E-state index in [9.17, 15) is 14.4 Å². The maximum Gasteiger partial charge on any atom is 0.265 e. The Kier molecular flexibility index (Phi) is 7.04. The van der Waals surface area contributed by atoms with Crippen LogP contribution >= 0.6 is 11.3 Å². The van der Waals surface area contributed by atoms with Gasteiger partial charge in [-0.15, -0.1) is 11.3 Å². The lowest BCUT2D eigenvalue weighted by Crippen LogP contribution is -2.37. The predicted molar refractivity (Wildman–Crippen MR) is 128 cm³/mol. The van der Waals surface area contributed by atoms with E-state index in [4.69, 9.17) is 4.74 Å². The number of amides is 3. The van der Waals surface area contributed by atoms with E-state index in [2.05, 4.69) is 5.32 Å². The Labute approximate surface area is 196 Å². The summed E-state index contributed by atoms with van der Waals surface area (Å²) in [5.41, 5.74) is 1.71. The van der Waals surface area contributed by atoms with Gasteiger partial charge in [-0.3, -0.25) is 14.4 Å². The second-order valence-corrected chi connectivity index (χ2v) is 8.59. The van der Waals surface area contributed by atoms with E-state index in [0.29, 0.717) is 60.0 Å². The lowest BCUT2D eigenvalue weighted by atomic mass is 10.1. The summed E-state index contributed by atoms with van der Waals surface area (Å²) in [6.45, 7) is 2.06. The summed E-state index contributed by atoms with van der Waals surface area (Å²) in [4.78, 5) is 42.4. The molecule has 7 nitrogen and oxygen atoms in total. The largest absolute Gasteiger partial charge is 0.496 e. The highest BCUT2D eigenvalue weighted by molar-refractivity contribution is 7.12. The summed E-state index contributed by atoms with van der Waals surface area (Å²) in [6, 6.07) is 17.7. The number of rotatable bonds is 5. The highest BCUT2D eigenvalue weighted by Gasteiger charge is 2.25. The van der Waals surface area contributed by atoms with Gasteiger partial charge in [0.1, 0.15) is 5.75 Å². The highest BCUT2D eigenvalue weighted by Crippen LogP contribution is 2.21. The van der Waals surface area contributed by atoms with Gasteiger partial charge in [-0.25, -0.2) is 0 Å². The lowest BCUT2D eigenvalue weighted by Gasteiger charge is -2.23. The van der Waals surface area contributed by atoms with Crippen molar-refractivity contribution < 1.29 is 19.1 Å². The van der Waals surface area contributed by atoms with Crippen molar-refractivity contribution in [1.82, 2.24) is 9.80 Å². The summed E-state index contributed by atoms with van der Waals surface area (Å²) >= 11 is 1.37. The van der Waals surface area contributed by atoms with Gasteiger partial charge < -0.3 is 19.9 Å². The van der Waals surface area contributed by atoms with Crippen molar-refractivity contribution in [1.29, 1.82) is 0 Å². The third kappa shape index (κ3) is 5.23. The highest BCUT2D eigenvalue weighted by atomic mass is 32.1. The van der Waals surface area contributed by atoms with E-state index >= 15 is 0 Å². The molecule has 0 saturated carbocycles. The van der Waals surface area contributed by atoms with E-state index in [0.717, 1.165) is 0 Å². The molecular weight excluding hydrogens is 438 g/mol. The van der Waals surface area contributed by atoms with Crippen molar-refractivity contribution in [2.24, 2.45) is 0 Å². The van der Waals surface area contributed by atoms with Crippen LogP contribution in [0.4, 0.5) is 5.69 Å². The molecule has 8 heteroatoms. The molecule has 1 saturated heterocycles. The number of nitrogens with zero attached hydrogens (tertiary/aromatic N) is 2. The zero-order valence-corrected chi connectivity index (χ0v) is 19.1. The van der Waals surface area contributed by atoms with Crippen LogP contribution in [0.3, 0.4) is 0 Å². The maximum atomic E-state index is 13.0. The van der Waals surface area contributed by atoms with Gasteiger partial charge in [-0.2, -0.15) is 0 Å². The number of hydrogen-bond acceptors (Lipinski definition) is 5. The Bertz CT molecular complexity index is 1130. The summed E-state index contributed by atoms with van der Waals surface area (Å²) < 4.78 is 5.32. The number of nitrogens with one attached hydrogen (secondary N) is 1. The summed E-state index contributed by atoms with van der Waals surface area (Å²) in [6.07, 6.45) is 0.696. The third-order valence-corrected chi connectivity index (χ3v) is 6.41. The third-order valence-electron chi connectivity index (χ3n) is 5.54. The number of ether oxygens (including phenoxy) is 1. The first-order chi connectivity index (χ1) is 16.1. The van der Waals surface area contributed by atoms with Gasteiger partial charge >= 0.3 is 0 Å². The van der Waals surface area contributed by atoms with Crippen LogP contribution in [0.1, 0.15) is 36.8 Å². The first-order valence-corrected chi connectivity index (χ1v) is 11.6. The molecule has 1 aliphatic rings. The van der Waals surface area contributed by atoms with E-state index in [1.807, 2.05) is 23.6 Å². The fraction of sp³-hybridized carbons (Fsp3) is 0.240. The smallest absolute Gasteiger partial charge is 0.265 e. The molecule has 1 aromatic heterocycles. The normalized spacial score (nSPS) is 13.8. The van der Waals surface area contributed by atoms with E-state index < -0.39 is 0 Å². The van der Waals surface area contributed by atoms with Crippen molar-refractivity contribution >= 4 is 34.7 Å². The molecule has 4 rings (SSSR count). The molecule has 0 bridgehead atoms. The van der Waals surface area contributed by atoms with Crippen LogP contribution in [0.2, 0.25) is 0 Å². The minimum Gasteiger partial charge on any atom is -0.496 e. The number of hydrogen-bond donors (Lipinski definition) is 1. The molecule has 0 unspecified atom stereocenters. The summed E-state index contributed by atoms with van der Waals surface area (Å²) in [5.74, 6) is 0.202. The standard InChI is InChI=1S/C25H25N3O4S/c1-32-21-7-3-2-6-20(21)25(31)28-14-5-13-27(15-16-28)24(30)18-9-11-19(12-10-18)26-23(29)22-8-4-17-33-22/h2-4,6-12,17H,5,13-16H2,1H3,(H,26,29). The number of carbonyl (C=O) groups excluding carboxylic acids is 3. The second kappa shape index (κ2) is 10.3. The van der Waals surface area contributed by atoms with Crippen LogP contribution in [0.25, 0.3) is 0 Å². The molecule has 1 N–H and O–H groups in total. The van der Waals surface area contributed by atoms with Crippen molar-refractivity contribution in [2.75, 3.05) is 38.6 Å². The Hall–Kier alpha value is -3.65. The first-order valence-electron chi connectivity index (χ1n) is 10.7. The molecule has 3 amide bonds. The number of anilines is 1. The van der Waals surface area contributed by atoms with Crippen LogP contribution < -0.4 is 10.1 Å². The van der Waals surface area contributed by atoms with Crippen molar-refractivity contribution in [3.63, 3.8) is 0 Å². The number of methoxy groups -OCH3 is 1. The minimum atomic E-state index is -0.170. The number of thiophene rings is 1. The molecule has 0 spiro atoms. The van der Waals surface area contributed by atoms with Crippen molar-refractivity contribution in [3.05, 3.63) is 82.0 Å². The van der Waals surface area contributed by atoms with Crippen molar-refractivity contribution in [2.45, 2.75) is 6.42 Å². The molecule has 0 atom stereocenters. The van der Waals surface area contributed by atoms with Crippen LogP contribution in [-0.2, 0) is 0 Å². The lowest BCUT2D eigenvalue weighted by molar-refractivity contribution is 0.0717. The van der Waals surface area contributed by atoms with Crippen LogP contribution in [0.5, 0.6) is 5.75 Å². The minimum absolute atomic E-state index is 0.0854. The SMILES string of the molecule is COc1ccccc1C(=O)N1CCCN(C(=O)c2ccc(NC(=O)c3cccs3)cc2)CC1. The van der Waals surface area contributed by atoms with Gasteiger partial charge in [0, 0.05) is 37.4 Å². The molecule has 0 radical (unpaired) electrons. The summed E-state index contributed by atoms with van der Waals surface area (Å²) in [7, 11) is 1.55.